The number of para-hydroxylation sites is 1. The van der Waals surface area contributed by atoms with E-state index in [1.54, 1.807) is 11.8 Å². The van der Waals surface area contributed by atoms with Gasteiger partial charge in [0.25, 0.3) is 0 Å². The number of nitrogens with one attached hydrogen (secondary N) is 1. The second-order valence-corrected chi connectivity index (χ2v) is 8.46. The highest BCUT2D eigenvalue weighted by Crippen LogP contribution is 2.40. The number of benzene rings is 1. The van der Waals surface area contributed by atoms with Crippen molar-refractivity contribution in [2.45, 2.75) is 51.2 Å². The minimum absolute atomic E-state index is 0.0140. The molecule has 1 aromatic rings. The van der Waals surface area contributed by atoms with Gasteiger partial charge in [0.2, 0.25) is 0 Å². The molecule has 0 amide bonds. The molecule has 0 aromatic heterocycles. The van der Waals surface area contributed by atoms with Crippen molar-refractivity contribution in [1.29, 1.82) is 5.26 Å². The minimum atomic E-state index is -0.187. The van der Waals surface area contributed by atoms with Gasteiger partial charge in [-0.25, -0.2) is 0 Å². The van der Waals surface area contributed by atoms with Crippen molar-refractivity contribution in [3.05, 3.63) is 53.1 Å². The van der Waals surface area contributed by atoms with Crippen molar-refractivity contribution in [2.75, 3.05) is 25.0 Å². The average molecular weight is 370 g/mol. The van der Waals surface area contributed by atoms with E-state index in [-0.39, 0.29) is 10.7 Å². The molecule has 1 saturated heterocycles. The van der Waals surface area contributed by atoms with E-state index < -0.39 is 0 Å². The van der Waals surface area contributed by atoms with Crippen molar-refractivity contribution >= 4 is 17.4 Å². The lowest BCUT2D eigenvalue weighted by Gasteiger charge is -2.30. The van der Waals surface area contributed by atoms with Crippen molar-refractivity contribution < 1.29 is 0 Å². The number of hydrogen-bond donors (Lipinski definition) is 1. The lowest BCUT2D eigenvalue weighted by molar-refractivity contribution is 0.414. The zero-order chi connectivity index (χ0) is 19.2. The molecule has 1 aromatic carbocycles. The lowest BCUT2D eigenvalue weighted by atomic mass is 9.77. The van der Waals surface area contributed by atoms with Crippen LogP contribution in [-0.4, -0.2) is 29.8 Å². The van der Waals surface area contributed by atoms with Crippen LogP contribution in [0.4, 0.5) is 5.69 Å². The minimum Gasteiger partial charge on any atom is -0.385 e. The first kappa shape index (κ1) is 20.5. The van der Waals surface area contributed by atoms with Gasteiger partial charge in [-0.3, -0.25) is 0 Å². The molecule has 0 bridgehead atoms. The molecular weight excluding hydrogens is 338 g/mol. The molecular formula is C22H31N3S. The summed E-state index contributed by atoms with van der Waals surface area (Å²) in [6, 6.07) is 10.9. The van der Waals surface area contributed by atoms with Gasteiger partial charge >= 0.3 is 0 Å². The van der Waals surface area contributed by atoms with E-state index in [4.69, 9.17) is 0 Å². The zero-order valence-corrected chi connectivity index (χ0v) is 17.3. The normalized spacial score (nSPS) is 18.8. The molecule has 1 atom stereocenters. The predicted molar refractivity (Wildman–Crippen MR) is 114 cm³/mol. The fraction of sp³-hybridized carbons (Fsp3) is 0.500. The molecule has 140 valence electrons. The predicted octanol–water partition coefficient (Wildman–Crippen LogP) is 5.53. The molecule has 3 nitrogen and oxygen atoms in total. The number of unbranched alkanes of at least 4 members (excludes halogenated alkanes) is 1. The number of rotatable bonds is 8. The number of nitriles is 1. The van der Waals surface area contributed by atoms with E-state index in [9.17, 15) is 5.26 Å². The van der Waals surface area contributed by atoms with Gasteiger partial charge in [0.1, 0.15) is 5.25 Å². The summed E-state index contributed by atoms with van der Waals surface area (Å²) in [6.07, 6.45) is 4.52. The first-order chi connectivity index (χ1) is 12.4. The topological polar surface area (TPSA) is 39.1 Å². The second kappa shape index (κ2) is 9.19. The van der Waals surface area contributed by atoms with E-state index in [1.165, 1.54) is 17.7 Å². The highest BCUT2D eigenvalue weighted by molar-refractivity contribution is 8.04. The Balaban J connectivity index is 2.25. The molecule has 0 saturated carbocycles. The van der Waals surface area contributed by atoms with Gasteiger partial charge < -0.3 is 10.2 Å². The Bertz CT molecular complexity index is 700. The lowest BCUT2D eigenvalue weighted by Crippen LogP contribution is -2.23. The highest BCUT2D eigenvalue weighted by atomic mass is 32.2. The Labute approximate surface area is 163 Å². The van der Waals surface area contributed by atoms with E-state index in [1.807, 2.05) is 0 Å². The monoisotopic (exact) mass is 369 g/mol. The Hall–Kier alpha value is -1.86. The first-order valence-corrected chi connectivity index (χ1v) is 10.4. The van der Waals surface area contributed by atoms with E-state index in [0.29, 0.717) is 0 Å². The van der Waals surface area contributed by atoms with Crippen molar-refractivity contribution in [1.82, 2.24) is 4.90 Å². The van der Waals surface area contributed by atoms with Crippen LogP contribution in [0.2, 0.25) is 0 Å². The van der Waals surface area contributed by atoms with Gasteiger partial charge in [-0.15, -0.1) is 0 Å². The largest absolute Gasteiger partial charge is 0.385 e. The maximum Gasteiger partial charge on any atom is 0.115 e. The molecule has 1 N–H and O–H groups in total. The smallest absolute Gasteiger partial charge is 0.115 e. The molecule has 26 heavy (non-hydrogen) atoms. The third-order valence-corrected chi connectivity index (χ3v) is 6.19. The summed E-state index contributed by atoms with van der Waals surface area (Å²) in [5.41, 5.74) is 3.34. The summed E-state index contributed by atoms with van der Waals surface area (Å²) in [5, 5.41) is 14.0. The third kappa shape index (κ3) is 4.65. The van der Waals surface area contributed by atoms with Crippen LogP contribution in [0.25, 0.3) is 0 Å². The van der Waals surface area contributed by atoms with Gasteiger partial charge in [0, 0.05) is 30.7 Å². The summed E-state index contributed by atoms with van der Waals surface area (Å²) in [4.78, 5) is 2.27. The van der Waals surface area contributed by atoms with Crippen LogP contribution in [0.5, 0.6) is 0 Å². The molecule has 1 fully saturated rings. The molecule has 1 aliphatic rings. The van der Waals surface area contributed by atoms with Gasteiger partial charge in [-0.05, 0) is 36.6 Å². The van der Waals surface area contributed by atoms with Crippen LogP contribution in [0, 0.1) is 11.3 Å². The Morgan fingerprint density at radius 3 is 2.81 bits per heavy atom. The van der Waals surface area contributed by atoms with Gasteiger partial charge in [-0.2, -0.15) is 5.26 Å². The molecule has 2 rings (SSSR count). The van der Waals surface area contributed by atoms with Crippen molar-refractivity contribution in [3.63, 3.8) is 0 Å². The molecule has 0 spiro atoms. The number of thioether (sulfide) groups is 1. The summed E-state index contributed by atoms with van der Waals surface area (Å²) < 4.78 is 0. The van der Waals surface area contributed by atoms with E-state index in [0.717, 1.165) is 36.7 Å². The maximum absolute atomic E-state index is 9.25. The van der Waals surface area contributed by atoms with Crippen LogP contribution in [-0.2, 0) is 5.41 Å². The fourth-order valence-electron chi connectivity index (χ4n) is 3.11. The van der Waals surface area contributed by atoms with Crippen LogP contribution < -0.4 is 5.32 Å². The molecule has 1 unspecified atom stereocenters. The SMILES string of the molecule is C=C(/C=C1\SC(C#N)CN1CC)C(C)(C)c1ccccc1NCCCC. The average Bonchev–Trinajstić information content (AvgIpc) is 3.04. The van der Waals surface area contributed by atoms with Gasteiger partial charge in [-0.1, -0.05) is 63.7 Å². The first-order valence-electron chi connectivity index (χ1n) is 9.49. The number of hydrogen-bond acceptors (Lipinski definition) is 4. The third-order valence-electron chi connectivity index (χ3n) is 5.03. The molecule has 0 radical (unpaired) electrons. The molecule has 1 aliphatic heterocycles. The summed E-state index contributed by atoms with van der Waals surface area (Å²) in [5.74, 6) is 0. The van der Waals surface area contributed by atoms with Crippen molar-refractivity contribution in [3.8, 4) is 6.07 Å². The van der Waals surface area contributed by atoms with Crippen LogP contribution in [0.15, 0.2) is 47.5 Å². The van der Waals surface area contributed by atoms with Gasteiger partial charge in [0.05, 0.1) is 11.1 Å². The van der Waals surface area contributed by atoms with Crippen LogP contribution in [0.3, 0.4) is 0 Å². The van der Waals surface area contributed by atoms with E-state index in [2.05, 4.69) is 80.9 Å². The molecule has 0 aliphatic carbocycles. The number of nitrogens with zero attached hydrogens (tertiary/aromatic N) is 2. The molecule has 1 heterocycles. The van der Waals surface area contributed by atoms with Crippen LogP contribution >= 0.6 is 11.8 Å². The Kier molecular flexibility index (Phi) is 7.23. The zero-order valence-electron chi connectivity index (χ0n) is 16.5. The number of allylic oxidation sites excluding steroid dienone is 2. The van der Waals surface area contributed by atoms with Crippen molar-refractivity contribution in [2.24, 2.45) is 0 Å². The van der Waals surface area contributed by atoms with Crippen LogP contribution in [0.1, 0.15) is 46.1 Å². The Morgan fingerprint density at radius 1 is 1.42 bits per heavy atom. The standard InChI is InChI=1S/C22H31N3S/c1-6-8-13-24-20-12-10-9-11-19(20)22(4,5)17(3)14-21-25(7-2)16-18(15-23)26-21/h9-12,14,18,24H,3,6-8,13,16H2,1-2,4-5H3/b21-14-. The second-order valence-electron chi connectivity index (χ2n) is 7.23. The summed E-state index contributed by atoms with van der Waals surface area (Å²) in [7, 11) is 0. The summed E-state index contributed by atoms with van der Waals surface area (Å²) in [6.45, 7) is 15.9. The Morgan fingerprint density at radius 2 is 2.15 bits per heavy atom. The quantitative estimate of drug-likeness (QED) is 0.611. The van der Waals surface area contributed by atoms with Gasteiger partial charge in [0.15, 0.2) is 0 Å². The summed E-state index contributed by atoms with van der Waals surface area (Å²) >= 11 is 1.65. The maximum atomic E-state index is 9.25. The van der Waals surface area contributed by atoms with E-state index >= 15 is 0 Å². The number of anilines is 1. The fourth-order valence-corrected chi connectivity index (χ4v) is 4.27. The molecule has 4 heteroatoms. The highest BCUT2D eigenvalue weighted by Gasteiger charge is 2.30.